The Morgan fingerprint density at radius 3 is 2.76 bits per heavy atom. The Labute approximate surface area is 197 Å². The van der Waals surface area contributed by atoms with Crippen LogP contribution in [0.2, 0.25) is 0 Å². The van der Waals surface area contributed by atoms with E-state index in [0.717, 1.165) is 41.3 Å². The molecule has 0 saturated carbocycles. The van der Waals surface area contributed by atoms with E-state index in [-0.39, 0.29) is 17.9 Å². The van der Waals surface area contributed by atoms with Crippen molar-refractivity contribution in [3.05, 3.63) is 42.4 Å². The monoisotopic (exact) mass is 459 g/mol. The predicted molar refractivity (Wildman–Crippen MR) is 123 cm³/mol. The van der Waals surface area contributed by atoms with E-state index >= 15 is 0 Å². The van der Waals surface area contributed by atoms with Gasteiger partial charge in [0.1, 0.15) is 24.1 Å². The zero-order valence-corrected chi connectivity index (χ0v) is 18.9. The minimum atomic E-state index is -0.126. The average Bonchev–Trinajstić information content (AvgIpc) is 3.36. The summed E-state index contributed by atoms with van der Waals surface area (Å²) in [5.41, 5.74) is 2.76. The standard InChI is InChI=1S/C25H25N5O4/c1-32-23-18(12-26)10-19(13-27-23)17-2-3-22-21(11-17)24(29-15-28-22)34-20-4-7-30(14-20)25(31)16-5-8-33-9-6-16/h2-3,10-11,13,15-16,20H,4-9,14H2,1H3/t20-/m0/s1. The third kappa shape index (κ3) is 4.37. The van der Waals surface area contributed by atoms with Crippen LogP contribution in [0, 0.1) is 17.2 Å². The van der Waals surface area contributed by atoms with Crippen molar-refractivity contribution in [1.29, 1.82) is 5.26 Å². The van der Waals surface area contributed by atoms with Crippen LogP contribution in [-0.4, -0.2) is 65.3 Å². The van der Waals surface area contributed by atoms with Crippen molar-refractivity contribution in [1.82, 2.24) is 19.9 Å². The van der Waals surface area contributed by atoms with Gasteiger partial charge in [0, 0.05) is 43.9 Å². The highest BCUT2D eigenvalue weighted by Crippen LogP contribution is 2.31. The number of pyridine rings is 1. The van der Waals surface area contributed by atoms with Crippen LogP contribution in [0.25, 0.3) is 22.0 Å². The van der Waals surface area contributed by atoms with Crippen LogP contribution in [0.5, 0.6) is 11.8 Å². The number of hydrogen-bond acceptors (Lipinski definition) is 8. The molecule has 4 heterocycles. The van der Waals surface area contributed by atoms with Crippen LogP contribution < -0.4 is 9.47 Å². The molecule has 2 fully saturated rings. The second-order valence-corrected chi connectivity index (χ2v) is 8.50. The second-order valence-electron chi connectivity index (χ2n) is 8.50. The summed E-state index contributed by atoms with van der Waals surface area (Å²) in [5, 5.41) is 10.2. The Balaban J connectivity index is 1.36. The van der Waals surface area contributed by atoms with Crippen molar-refractivity contribution in [3.8, 4) is 29.0 Å². The fraction of sp³-hybridized carbons (Fsp3) is 0.400. The summed E-state index contributed by atoms with van der Waals surface area (Å²) >= 11 is 0. The van der Waals surface area contributed by atoms with E-state index in [1.807, 2.05) is 23.1 Å². The molecule has 2 aliphatic heterocycles. The van der Waals surface area contributed by atoms with E-state index in [4.69, 9.17) is 14.2 Å². The van der Waals surface area contributed by atoms with Gasteiger partial charge in [-0.15, -0.1) is 0 Å². The second kappa shape index (κ2) is 9.61. The van der Waals surface area contributed by atoms with Crippen molar-refractivity contribution < 1.29 is 19.0 Å². The minimum absolute atomic E-state index is 0.0475. The molecule has 3 aromatic rings. The van der Waals surface area contributed by atoms with Crippen LogP contribution in [-0.2, 0) is 9.53 Å². The maximum Gasteiger partial charge on any atom is 0.231 e. The molecular weight excluding hydrogens is 434 g/mol. The number of rotatable bonds is 5. The predicted octanol–water partition coefficient (Wildman–Crippen LogP) is 2.98. The maximum atomic E-state index is 12.9. The third-order valence-electron chi connectivity index (χ3n) is 6.40. The van der Waals surface area contributed by atoms with Gasteiger partial charge in [-0.3, -0.25) is 4.79 Å². The van der Waals surface area contributed by atoms with Gasteiger partial charge >= 0.3 is 0 Å². The molecule has 9 heteroatoms. The Morgan fingerprint density at radius 1 is 1.12 bits per heavy atom. The van der Waals surface area contributed by atoms with Crippen molar-refractivity contribution in [2.75, 3.05) is 33.4 Å². The first-order valence-electron chi connectivity index (χ1n) is 11.4. The number of carbonyl (C=O) groups excluding carboxylic acids is 1. The summed E-state index contributed by atoms with van der Waals surface area (Å²) in [7, 11) is 1.49. The lowest BCUT2D eigenvalue weighted by Crippen LogP contribution is -2.38. The number of nitriles is 1. The van der Waals surface area contributed by atoms with Gasteiger partial charge in [-0.1, -0.05) is 6.07 Å². The van der Waals surface area contributed by atoms with E-state index in [9.17, 15) is 10.1 Å². The van der Waals surface area contributed by atoms with Crippen molar-refractivity contribution in [2.24, 2.45) is 5.92 Å². The smallest absolute Gasteiger partial charge is 0.231 e. The minimum Gasteiger partial charge on any atom is -0.480 e. The number of ether oxygens (including phenoxy) is 3. The number of nitrogens with zero attached hydrogens (tertiary/aromatic N) is 5. The summed E-state index contributed by atoms with van der Waals surface area (Å²) in [6.45, 7) is 2.54. The molecule has 174 valence electrons. The number of methoxy groups -OCH3 is 1. The number of amides is 1. The largest absolute Gasteiger partial charge is 0.480 e. The van der Waals surface area contributed by atoms with Crippen molar-refractivity contribution >= 4 is 16.8 Å². The SMILES string of the molecule is COc1ncc(-c2ccc3ncnc(O[C@H]4CCN(C(=O)C5CCOCC5)C4)c3c2)cc1C#N. The third-order valence-corrected chi connectivity index (χ3v) is 6.40. The van der Waals surface area contributed by atoms with Gasteiger partial charge in [-0.2, -0.15) is 5.26 Å². The fourth-order valence-electron chi connectivity index (χ4n) is 4.54. The van der Waals surface area contributed by atoms with Gasteiger partial charge in [0.25, 0.3) is 0 Å². The highest BCUT2D eigenvalue weighted by atomic mass is 16.5. The van der Waals surface area contributed by atoms with Crippen LogP contribution in [0.3, 0.4) is 0 Å². The molecule has 0 radical (unpaired) electrons. The Hall–Kier alpha value is -3.77. The summed E-state index contributed by atoms with van der Waals surface area (Å²) in [5.74, 6) is 1.02. The molecule has 1 aromatic carbocycles. The molecule has 5 rings (SSSR count). The lowest BCUT2D eigenvalue weighted by atomic mass is 9.99. The quantitative estimate of drug-likeness (QED) is 0.573. The number of likely N-dealkylation sites (tertiary alicyclic amines) is 1. The van der Waals surface area contributed by atoms with Crippen LogP contribution in [0.4, 0.5) is 0 Å². The van der Waals surface area contributed by atoms with Crippen molar-refractivity contribution in [2.45, 2.75) is 25.4 Å². The molecule has 0 aliphatic carbocycles. The lowest BCUT2D eigenvalue weighted by molar-refractivity contribution is -0.137. The topological polar surface area (TPSA) is 110 Å². The summed E-state index contributed by atoms with van der Waals surface area (Å²) in [6.07, 6.45) is 5.36. The highest BCUT2D eigenvalue weighted by molar-refractivity contribution is 5.88. The number of fused-ring (bicyclic) bond motifs is 1. The first kappa shape index (κ1) is 22.0. The lowest BCUT2D eigenvalue weighted by Gasteiger charge is -2.26. The van der Waals surface area contributed by atoms with E-state index in [0.29, 0.717) is 43.6 Å². The molecule has 0 N–H and O–H groups in total. The molecule has 34 heavy (non-hydrogen) atoms. The molecule has 1 atom stereocenters. The summed E-state index contributed by atoms with van der Waals surface area (Å²) in [4.78, 5) is 27.8. The van der Waals surface area contributed by atoms with Gasteiger partial charge in [0.2, 0.25) is 17.7 Å². The maximum absolute atomic E-state index is 12.9. The molecule has 0 spiro atoms. The molecule has 2 aliphatic rings. The van der Waals surface area contributed by atoms with Crippen LogP contribution in [0.1, 0.15) is 24.8 Å². The summed E-state index contributed by atoms with van der Waals surface area (Å²) < 4.78 is 16.8. The Bertz CT molecular complexity index is 1250. The number of aromatic nitrogens is 3. The van der Waals surface area contributed by atoms with E-state index in [1.54, 1.807) is 12.3 Å². The van der Waals surface area contributed by atoms with E-state index in [2.05, 4.69) is 21.0 Å². The zero-order chi connectivity index (χ0) is 23.5. The van der Waals surface area contributed by atoms with Crippen LogP contribution >= 0.6 is 0 Å². The van der Waals surface area contributed by atoms with Gasteiger partial charge in [0.05, 0.1) is 24.6 Å². The Kier molecular flexibility index (Phi) is 6.23. The first-order valence-corrected chi connectivity index (χ1v) is 11.4. The number of hydrogen-bond donors (Lipinski definition) is 0. The van der Waals surface area contributed by atoms with E-state index in [1.165, 1.54) is 13.4 Å². The van der Waals surface area contributed by atoms with Crippen molar-refractivity contribution in [3.63, 3.8) is 0 Å². The number of benzene rings is 1. The van der Waals surface area contributed by atoms with E-state index < -0.39 is 0 Å². The zero-order valence-electron chi connectivity index (χ0n) is 18.9. The molecule has 0 bridgehead atoms. The Morgan fingerprint density at radius 2 is 1.97 bits per heavy atom. The normalized spacial score (nSPS) is 18.6. The summed E-state index contributed by atoms with van der Waals surface area (Å²) in [6, 6.07) is 9.62. The van der Waals surface area contributed by atoms with Gasteiger partial charge in [-0.25, -0.2) is 15.0 Å². The van der Waals surface area contributed by atoms with Gasteiger partial charge in [-0.05, 0) is 36.6 Å². The molecule has 2 aromatic heterocycles. The molecular formula is C25H25N5O4. The number of carbonyl (C=O) groups is 1. The molecule has 9 nitrogen and oxygen atoms in total. The fourth-order valence-corrected chi connectivity index (χ4v) is 4.54. The van der Waals surface area contributed by atoms with Crippen LogP contribution in [0.15, 0.2) is 36.8 Å². The highest BCUT2D eigenvalue weighted by Gasteiger charge is 2.33. The van der Waals surface area contributed by atoms with Gasteiger partial charge < -0.3 is 19.1 Å². The first-order chi connectivity index (χ1) is 16.7. The molecule has 1 amide bonds. The average molecular weight is 460 g/mol. The van der Waals surface area contributed by atoms with Gasteiger partial charge in [0.15, 0.2) is 0 Å². The molecule has 0 unspecified atom stereocenters. The molecule has 2 saturated heterocycles.